The first-order chi connectivity index (χ1) is 10.1. The summed E-state index contributed by atoms with van der Waals surface area (Å²) >= 11 is 0. The lowest BCUT2D eigenvalue weighted by molar-refractivity contribution is -0.136. The lowest BCUT2D eigenvalue weighted by Gasteiger charge is -2.13. The Morgan fingerprint density at radius 2 is 1.62 bits per heavy atom. The van der Waals surface area contributed by atoms with E-state index in [1.807, 2.05) is 49.4 Å². The molecule has 0 saturated heterocycles. The molecule has 0 aliphatic carbocycles. The van der Waals surface area contributed by atoms with Crippen LogP contribution in [0.25, 0.3) is 0 Å². The maximum Gasteiger partial charge on any atom is 0.349 e. The van der Waals surface area contributed by atoms with Gasteiger partial charge in [0.05, 0.1) is 0 Å². The van der Waals surface area contributed by atoms with Crippen molar-refractivity contribution in [1.82, 2.24) is 0 Å². The number of para-hydroxylation sites is 2. The van der Waals surface area contributed by atoms with Gasteiger partial charge in [-0.1, -0.05) is 50.2 Å². The minimum absolute atomic E-state index is 0.0991. The van der Waals surface area contributed by atoms with Crippen molar-refractivity contribution in [2.24, 2.45) is 0 Å². The second kappa shape index (κ2) is 6.93. The summed E-state index contributed by atoms with van der Waals surface area (Å²) < 4.78 is 10.9. The molecule has 3 nitrogen and oxygen atoms in total. The van der Waals surface area contributed by atoms with Gasteiger partial charge in [-0.3, -0.25) is 0 Å². The molecule has 0 unspecified atom stereocenters. The van der Waals surface area contributed by atoms with Crippen molar-refractivity contribution < 1.29 is 14.3 Å². The van der Waals surface area contributed by atoms with Gasteiger partial charge >= 0.3 is 5.97 Å². The molecule has 0 spiro atoms. The molecule has 110 valence electrons. The molecule has 0 fully saturated rings. The largest absolute Gasteiger partial charge is 0.482 e. The van der Waals surface area contributed by atoms with E-state index in [2.05, 4.69) is 13.8 Å². The topological polar surface area (TPSA) is 35.5 Å². The lowest BCUT2D eigenvalue weighted by Crippen LogP contribution is -2.18. The van der Waals surface area contributed by atoms with Crippen molar-refractivity contribution in [3.63, 3.8) is 0 Å². The fourth-order valence-corrected chi connectivity index (χ4v) is 2.05. The van der Waals surface area contributed by atoms with Crippen molar-refractivity contribution in [3.05, 3.63) is 59.7 Å². The Kier molecular flexibility index (Phi) is 4.99. The van der Waals surface area contributed by atoms with Crippen LogP contribution in [0.3, 0.4) is 0 Å². The summed E-state index contributed by atoms with van der Waals surface area (Å²) in [5, 5.41) is 0. The van der Waals surface area contributed by atoms with Gasteiger partial charge in [-0.05, 0) is 36.1 Å². The van der Waals surface area contributed by atoms with Gasteiger partial charge < -0.3 is 9.47 Å². The quantitative estimate of drug-likeness (QED) is 0.612. The van der Waals surface area contributed by atoms with Crippen LogP contribution in [-0.4, -0.2) is 12.6 Å². The highest BCUT2D eigenvalue weighted by molar-refractivity contribution is 5.74. The number of ether oxygens (including phenoxy) is 2. The molecule has 0 radical (unpaired) electrons. The van der Waals surface area contributed by atoms with Gasteiger partial charge in [0.2, 0.25) is 0 Å². The third-order valence-corrected chi connectivity index (χ3v) is 3.20. The van der Waals surface area contributed by atoms with Crippen LogP contribution in [0.5, 0.6) is 11.5 Å². The highest BCUT2D eigenvalue weighted by Gasteiger charge is 2.11. The summed E-state index contributed by atoms with van der Waals surface area (Å²) in [5.41, 5.74) is 2.01. The van der Waals surface area contributed by atoms with Crippen LogP contribution in [0.1, 0.15) is 30.9 Å². The Hall–Kier alpha value is -2.29. The molecule has 0 saturated carbocycles. The van der Waals surface area contributed by atoms with Crippen molar-refractivity contribution in [3.8, 4) is 11.5 Å². The fraction of sp³-hybridized carbons (Fsp3) is 0.278. The second-order valence-electron chi connectivity index (χ2n) is 5.22. The molecule has 0 heterocycles. The Morgan fingerprint density at radius 1 is 1.00 bits per heavy atom. The maximum absolute atomic E-state index is 11.9. The van der Waals surface area contributed by atoms with Crippen LogP contribution in [0.2, 0.25) is 0 Å². The minimum Gasteiger partial charge on any atom is -0.482 e. The molecule has 0 amide bonds. The molecule has 0 atom stereocenters. The van der Waals surface area contributed by atoms with Crippen LogP contribution in [0, 0.1) is 6.92 Å². The van der Waals surface area contributed by atoms with E-state index in [0.717, 1.165) is 16.9 Å². The zero-order valence-corrected chi connectivity index (χ0v) is 12.6. The van der Waals surface area contributed by atoms with E-state index in [4.69, 9.17) is 9.47 Å². The lowest BCUT2D eigenvalue weighted by atomic mass is 10.0. The van der Waals surface area contributed by atoms with E-state index < -0.39 is 5.97 Å². The Balaban J connectivity index is 1.97. The Bertz CT molecular complexity index is 617. The monoisotopic (exact) mass is 284 g/mol. The van der Waals surface area contributed by atoms with Gasteiger partial charge in [-0.2, -0.15) is 0 Å². The molecular formula is C18H20O3. The third-order valence-electron chi connectivity index (χ3n) is 3.20. The number of hydrogen-bond donors (Lipinski definition) is 0. The van der Waals surface area contributed by atoms with Gasteiger partial charge in [0.1, 0.15) is 11.5 Å². The van der Waals surface area contributed by atoms with Crippen molar-refractivity contribution >= 4 is 5.97 Å². The Morgan fingerprint density at radius 3 is 2.29 bits per heavy atom. The summed E-state index contributed by atoms with van der Waals surface area (Å²) in [5.74, 6) is 1.24. The SMILES string of the molecule is Cc1ccccc1OC(=O)COc1ccccc1C(C)C. The number of carbonyl (C=O) groups excluding carboxylic acids is 1. The molecule has 2 aromatic rings. The van der Waals surface area contributed by atoms with Gasteiger partial charge in [-0.15, -0.1) is 0 Å². The van der Waals surface area contributed by atoms with E-state index in [1.165, 1.54) is 0 Å². The van der Waals surface area contributed by atoms with Crippen molar-refractivity contribution in [2.45, 2.75) is 26.7 Å². The second-order valence-corrected chi connectivity index (χ2v) is 5.22. The molecule has 3 heteroatoms. The fourth-order valence-electron chi connectivity index (χ4n) is 2.05. The molecular weight excluding hydrogens is 264 g/mol. The average Bonchev–Trinajstić information content (AvgIpc) is 2.48. The van der Waals surface area contributed by atoms with E-state index >= 15 is 0 Å². The van der Waals surface area contributed by atoms with E-state index in [1.54, 1.807) is 6.07 Å². The van der Waals surface area contributed by atoms with Crippen LogP contribution in [-0.2, 0) is 4.79 Å². The molecule has 21 heavy (non-hydrogen) atoms. The smallest absolute Gasteiger partial charge is 0.349 e. The van der Waals surface area contributed by atoms with Crippen LogP contribution >= 0.6 is 0 Å². The highest BCUT2D eigenvalue weighted by Crippen LogP contribution is 2.25. The molecule has 2 rings (SSSR count). The summed E-state index contributed by atoms with van der Waals surface area (Å²) in [6, 6.07) is 15.2. The Labute approximate surface area is 125 Å². The van der Waals surface area contributed by atoms with Crippen LogP contribution in [0.15, 0.2) is 48.5 Å². The molecule has 0 aliphatic rings. The molecule has 0 N–H and O–H groups in total. The number of esters is 1. The number of benzene rings is 2. The average molecular weight is 284 g/mol. The molecule has 0 aliphatic heterocycles. The number of hydrogen-bond acceptors (Lipinski definition) is 3. The normalized spacial score (nSPS) is 10.5. The minimum atomic E-state index is -0.400. The number of aryl methyl sites for hydroxylation is 1. The van der Waals surface area contributed by atoms with Crippen molar-refractivity contribution in [2.75, 3.05) is 6.61 Å². The van der Waals surface area contributed by atoms with Gasteiger partial charge in [0, 0.05) is 0 Å². The zero-order chi connectivity index (χ0) is 15.2. The summed E-state index contributed by atoms with van der Waals surface area (Å²) in [4.78, 5) is 11.9. The first-order valence-electron chi connectivity index (χ1n) is 7.06. The zero-order valence-electron chi connectivity index (χ0n) is 12.6. The predicted octanol–water partition coefficient (Wildman–Crippen LogP) is 4.10. The summed E-state index contributed by atoms with van der Waals surface area (Å²) in [6.45, 7) is 5.98. The molecule has 0 bridgehead atoms. The number of rotatable bonds is 5. The van der Waals surface area contributed by atoms with Gasteiger partial charge in [0.25, 0.3) is 0 Å². The van der Waals surface area contributed by atoms with E-state index in [0.29, 0.717) is 11.7 Å². The molecule has 0 aromatic heterocycles. The highest BCUT2D eigenvalue weighted by atomic mass is 16.6. The number of carbonyl (C=O) groups is 1. The first kappa shape index (κ1) is 15.1. The van der Waals surface area contributed by atoms with Crippen LogP contribution in [0.4, 0.5) is 0 Å². The van der Waals surface area contributed by atoms with E-state index in [-0.39, 0.29) is 6.61 Å². The first-order valence-corrected chi connectivity index (χ1v) is 7.06. The van der Waals surface area contributed by atoms with E-state index in [9.17, 15) is 4.79 Å². The molecule has 2 aromatic carbocycles. The summed E-state index contributed by atoms with van der Waals surface area (Å²) in [6.07, 6.45) is 0. The summed E-state index contributed by atoms with van der Waals surface area (Å²) in [7, 11) is 0. The van der Waals surface area contributed by atoms with Gasteiger partial charge in [0.15, 0.2) is 6.61 Å². The van der Waals surface area contributed by atoms with Crippen molar-refractivity contribution in [1.29, 1.82) is 0 Å². The maximum atomic E-state index is 11.9. The predicted molar refractivity (Wildman–Crippen MR) is 82.8 cm³/mol. The van der Waals surface area contributed by atoms with Gasteiger partial charge in [-0.25, -0.2) is 4.79 Å². The van der Waals surface area contributed by atoms with Crippen LogP contribution < -0.4 is 9.47 Å². The standard InChI is InChI=1S/C18H20O3/c1-13(2)15-9-5-7-11-17(15)20-12-18(19)21-16-10-6-4-8-14(16)3/h4-11,13H,12H2,1-3H3. The third kappa shape index (κ3) is 4.09.